The lowest BCUT2D eigenvalue weighted by Gasteiger charge is -1.97. The fourth-order valence-electron chi connectivity index (χ4n) is 0.837. The van der Waals surface area contributed by atoms with Gasteiger partial charge >= 0.3 is 10.1 Å². The minimum Gasteiger partial charge on any atom is -0.192 e. The van der Waals surface area contributed by atoms with Gasteiger partial charge in [0.25, 0.3) is 0 Å². The summed E-state index contributed by atoms with van der Waals surface area (Å²) in [5, 5.41) is 0. The van der Waals surface area contributed by atoms with Gasteiger partial charge in [0.15, 0.2) is 0 Å². The van der Waals surface area contributed by atoms with E-state index < -0.39 is 10.1 Å². The summed E-state index contributed by atoms with van der Waals surface area (Å²) in [5.74, 6) is 0. The van der Waals surface area contributed by atoms with E-state index in [9.17, 15) is 13.0 Å². The molecule has 0 aromatic heterocycles. The molecule has 1 aromatic rings. The molecule has 0 spiro atoms. The van der Waals surface area contributed by atoms with Gasteiger partial charge in [0, 0.05) is 0 Å². The second-order valence-electron chi connectivity index (χ2n) is 2.93. The molecule has 0 atom stereocenters. The molecule has 0 aliphatic rings. The predicted octanol–water partition coefficient (Wildman–Crippen LogP) is 2.53. The van der Waals surface area contributed by atoms with Crippen molar-refractivity contribution in [2.45, 2.75) is 32.1 Å². The first-order valence-corrected chi connectivity index (χ1v) is 5.85. The van der Waals surface area contributed by atoms with Gasteiger partial charge in [0.2, 0.25) is 0 Å². The molecule has 0 N–H and O–H groups in total. The van der Waals surface area contributed by atoms with Crippen molar-refractivity contribution in [1.82, 2.24) is 0 Å². The van der Waals surface area contributed by atoms with Crippen LogP contribution in [0.15, 0.2) is 29.2 Å². The fourth-order valence-corrected chi connectivity index (χ4v) is 1.54. The molecule has 0 bridgehead atoms. The third-order valence-electron chi connectivity index (χ3n) is 1.36. The number of hydrogen-bond acceptors (Lipinski definition) is 2. The van der Waals surface area contributed by atoms with Crippen LogP contribution >= 0.6 is 0 Å². The molecule has 0 aliphatic carbocycles. The molecule has 1 aromatic carbocycles. The van der Waals surface area contributed by atoms with E-state index in [1.54, 1.807) is 19.1 Å². The highest BCUT2D eigenvalue weighted by molar-refractivity contribution is 7.85. The topological polar surface area (TPSA) is 54.0 Å². The lowest BCUT2D eigenvalue weighted by molar-refractivity contribution is 0.414. The zero-order valence-electron chi connectivity index (χ0n) is 8.65. The Bertz CT molecular complexity index is 369. The van der Waals surface area contributed by atoms with Crippen LogP contribution in [0.1, 0.15) is 25.8 Å². The second-order valence-corrected chi connectivity index (χ2v) is 4.27. The number of benzene rings is 1. The maximum atomic E-state index is 10.5. The Morgan fingerprint density at radius 3 is 1.86 bits per heavy atom. The Labute approximate surface area is 85.5 Å². The Morgan fingerprint density at radius 2 is 1.57 bits per heavy atom. The van der Waals surface area contributed by atoms with E-state index in [1.165, 1.54) is 18.6 Å². The van der Waals surface area contributed by atoms with E-state index in [0.29, 0.717) is 5.56 Å². The summed E-state index contributed by atoms with van der Waals surface area (Å²) in [6.07, 6.45) is 1.25. The molecule has 14 heavy (non-hydrogen) atoms. The summed E-state index contributed by atoms with van der Waals surface area (Å²) in [4.78, 5) is -0.139. The molecule has 1 radical (unpaired) electrons. The van der Waals surface area contributed by atoms with Gasteiger partial charge < -0.3 is 0 Å². The molecule has 79 valence electrons. The van der Waals surface area contributed by atoms with Gasteiger partial charge in [0.05, 0.1) is 4.90 Å². The van der Waals surface area contributed by atoms with E-state index in [-0.39, 0.29) is 4.90 Å². The van der Waals surface area contributed by atoms with Crippen LogP contribution in [-0.4, -0.2) is 8.42 Å². The molecule has 0 fully saturated rings. The highest BCUT2D eigenvalue weighted by Gasteiger charge is 2.12. The maximum Gasteiger partial charge on any atom is 0.324 e. The summed E-state index contributed by atoms with van der Waals surface area (Å²) < 4.78 is 31.5. The largest absolute Gasteiger partial charge is 0.324 e. The van der Waals surface area contributed by atoms with Crippen LogP contribution in [-0.2, 0) is 14.7 Å². The van der Waals surface area contributed by atoms with Crippen molar-refractivity contribution in [1.29, 1.82) is 0 Å². The molecule has 3 nitrogen and oxygen atoms in total. The summed E-state index contributed by atoms with van der Waals surface area (Å²) in [5.41, 5.74) is 0.488. The second kappa shape index (κ2) is 5.78. The minimum atomic E-state index is -4.28. The first kappa shape index (κ1) is 13.1. The van der Waals surface area contributed by atoms with Crippen molar-refractivity contribution < 1.29 is 13.0 Å². The van der Waals surface area contributed by atoms with Crippen molar-refractivity contribution in [2.24, 2.45) is 0 Å². The van der Waals surface area contributed by atoms with Crippen molar-refractivity contribution >= 4 is 10.1 Å². The van der Waals surface area contributed by atoms with Crippen LogP contribution in [0.4, 0.5) is 0 Å². The van der Waals surface area contributed by atoms with Crippen molar-refractivity contribution in [2.75, 3.05) is 0 Å². The molecule has 0 heterocycles. The number of hydrogen-bond donors (Lipinski definition) is 0. The lowest BCUT2D eigenvalue weighted by Crippen LogP contribution is -1.97. The number of rotatable bonds is 1. The third kappa shape index (κ3) is 4.39. The maximum absolute atomic E-state index is 10.5. The van der Waals surface area contributed by atoms with E-state index >= 15 is 0 Å². The molecule has 4 heteroatoms. The Hall–Kier alpha value is -0.870. The zero-order valence-corrected chi connectivity index (χ0v) is 9.47. The predicted molar refractivity (Wildman–Crippen MR) is 55.0 cm³/mol. The van der Waals surface area contributed by atoms with Crippen LogP contribution in [0.3, 0.4) is 0 Å². The molecule has 1 rings (SSSR count). The average molecular weight is 215 g/mol. The van der Waals surface area contributed by atoms with Crippen LogP contribution < -0.4 is 0 Å². The lowest BCUT2D eigenvalue weighted by atomic mass is 10.2. The zero-order chi connectivity index (χ0) is 11.2. The Morgan fingerprint density at radius 1 is 1.14 bits per heavy atom. The molecule has 0 amide bonds. The van der Waals surface area contributed by atoms with Gasteiger partial charge in [-0.1, -0.05) is 43.0 Å². The van der Waals surface area contributed by atoms with Crippen molar-refractivity contribution in [3.05, 3.63) is 29.8 Å². The quantitative estimate of drug-likeness (QED) is 0.722. The van der Waals surface area contributed by atoms with Gasteiger partial charge in [-0.25, -0.2) is 0 Å². The van der Waals surface area contributed by atoms with Crippen LogP contribution in [0.2, 0.25) is 0 Å². The van der Waals surface area contributed by atoms with Crippen LogP contribution in [0, 0.1) is 6.92 Å². The molecule has 0 aliphatic heterocycles. The summed E-state index contributed by atoms with van der Waals surface area (Å²) in [7, 11) is -4.28. The molecule has 0 saturated carbocycles. The van der Waals surface area contributed by atoms with E-state index in [4.69, 9.17) is 0 Å². The van der Waals surface area contributed by atoms with Crippen molar-refractivity contribution in [3.8, 4) is 0 Å². The first-order valence-electron chi connectivity index (χ1n) is 4.45. The monoisotopic (exact) mass is 215 g/mol. The summed E-state index contributed by atoms with van der Waals surface area (Å²) in [6.45, 7) is 5.84. The van der Waals surface area contributed by atoms with E-state index in [1.807, 2.05) is 0 Å². The van der Waals surface area contributed by atoms with Gasteiger partial charge in [-0.2, -0.15) is 8.42 Å². The highest BCUT2D eigenvalue weighted by Crippen LogP contribution is 2.13. The Balaban J connectivity index is 0.000000500. The number of aryl methyl sites for hydroxylation is 1. The molecular formula is C10H15O3S. The van der Waals surface area contributed by atoms with E-state index in [0.717, 1.165) is 0 Å². The van der Waals surface area contributed by atoms with Gasteiger partial charge in [-0.15, -0.1) is 0 Å². The van der Waals surface area contributed by atoms with Gasteiger partial charge in [-0.05, 0) is 18.6 Å². The van der Waals surface area contributed by atoms with Crippen LogP contribution in [0.5, 0.6) is 0 Å². The molecule has 0 saturated heterocycles. The molecule has 0 unspecified atom stereocenters. The summed E-state index contributed by atoms with van der Waals surface area (Å²) in [6, 6.07) is 6.10. The smallest absolute Gasteiger partial charge is 0.192 e. The third-order valence-corrected chi connectivity index (χ3v) is 2.36. The SMILES string of the molecule is CCC.Cc1ccccc1S([O])(=O)=O. The molecular weight excluding hydrogens is 200 g/mol. The Kier molecular flexibility index (Phi) is 5.42. The highest BCUT2D eigenvalue weighted by atomic mass is 32.2. The van der Waals surface area contributed by atoms with Gasteiger partial charge in [-0.3, -0.25) is 0 Å². The standard InChI is InChI=1S/C7H7O3S.C3H8/c1-6-4-2-3-5-7(6)11(8,9)10;1-3-2/h2-5H,1H3;3H2,1-2H3. The van der Waals surface area contributed by atoms with Gasteiger partial charge in [0.1, 0.15) is 0 Å². The van der Waals surface area contributed by atoms with E-state index in [2.05, 4.69) is 13.8 Å². The fraction of sp³-hybridized carbons (Fsp3) is 0.400. The average Bonchev–Trinajstić information content (AvgIpc) is 2.04. The normalized spacial score (nSPS) is 10.3. The van der Waals surface area contributed by atoms with Crippen molar-refractivity contribution in [3.63, 3.8) is 0 Å². The first-order chi connectivity index (χ1) is 6.43. The minimum absolute atomic E-state index is 0.139. The van der Waals surface area contributed by atoms with Crippen LogP contribution in [0.25, 0.3) is 0 Å². The summed E-state index contributed by atoms with van der Waals surface area (Å²) >= 11 is 0.